The van der Waals surface area contributed by atoms with Crippen molar-refractivity contribution in [1.29, 1.82) is 0 Å². The van der Waals surface area contributed by atoms with E-state index in [9.17, 15) is 8.42 Å². The lowest BCUT2D eigenvalue weighted by molar-refractivity contribution is 0.327. The summed E-state index contributed by atoms with van der Waals surface area (Å²) in [6.45, 7) is 2.33. The van der Waals surface area contributed by atoms with Crippen molar-refractivity contribution >= 4 is 27.3 Å². The van der Waals surface area contributed by atoms with Gasteiger partial charge in [0.05, 0.1) is 27.0 Å². The normalized spacial score (nSPS) is 13.6. The first-order chi connectivity index (χ1) is 17.9. The highest BCUT2D eigenvalue weighted by atomic mass is 32.2. The van der Waals surface area contributed by atoms with Crippen molar-refractivity contribution in [3.05, 3.63) is 42.6 Å². The number of ether oxygens (including phenoxy) is 3. The molecule has 0 saturated heterocycles. The van der Waals surface area contributed by atoms with E-state index in [1.807, 2.05) is 13.0 Å². The van der Waals surface area contributed by atoms with Gasteiger partial charge in [0.25, 0.3) is 0 Å². The van der Waals surface area contributed by atoms with Crippen LogP contribution in [-0.2, 0) is 10.2 Å². The number of rotatable bonds is 10. The van der Waals surface area contributed by atoms with E-state index in [-0.39, 0.29) is 24.6 Å². The van der Waals surface area contributed by atoms with Gasteiger partial charge in [-0.2, -0.15) is 12.7 Å². The highest BCUT2D eigenvalue weighted by Crippen LogP contribution is 2.38. The minimum Gasteiger partial charge on any atom is -0.494 e. The molecule has 0 spiro atoms. The number of nitrogens with zero attached hydrogens (tertiary/aromatic N) is 6. The number of para-hydroxylation sites is 1. The summed E-state index contributed by atoms with van der Waals surface area (Å²) in [7, 11) is 0.832. The predicted octanol–water partition coefficient (Wildman–Crippen LogP) is 3.29. The van der Waals surface area contributed by atoms with Crippen LogP contribution in [0.1, 0.15) is 21.2 Å². The largest absolute Gasteiger partial charge is 0.494 e. The van der Waals surface area contributed by atoms with Gasteiger partial charge in [-0.15, -0.1) is 0 Å². The number of hydrogen-bond acceptors (Lipinski definition) is 9. The highest BCUT2D eigenvalue weighted by molar-refractivity contribution is 7.90. The molecule has 0 atom stereocenters. The summed E-state index contributed by atoms with van der Waals surface area (Å²) in [6.07, 6.45) is 3.00. The summed E-state index contributed by atoms with van der Waals surface area (Å²) in [5, 5.41) is 0. The van der Waals surface area contributed by atoms with Crippen LogP contribution in [0.2, 0.25) is 0 Å². The van der Waals surface area contributed by atoms with Gasteiger partial charge < -0.3 is 14.2 Å². The quantitative estimate of drug-likeness (QED) is 0.330. The average Bonchev–Trinajstić information content (AvgIpc) is 3.68. The Kier molecular flexibility index (Phi) is 6.56. The molecule has 0 aliphatic heterocycles. The minimum atomic E-state index is -3.81. The standard InChI is InChI=1S/C24H27N7O5S.H2/c1-5-36-20-11-6-8-16(26-20)23-28-22-24(31(23)21-17(34-3)9-7-10-18(21)35-4)27-19(14-25-22)29-37(32,33)30(2)15-12-13-15;/h6-11,14-15H,5,12-13H2,1-4H3,(H,27,29);1H. The van der Waals surface area contributed by atoms with Crippen LogP contribution in [0, 0.1) is 0 Å². The number of pyridine rings is 1. The van der Waals surface area contributed by atoms with Crippen LogP contribution >= 0.6 is 0 Å². The van der Waals surface area contributed by atoms with Gasteiger partial charge in [0.2, 0.25) is 5.88 Å². The molecule has 5 rings (SSSR count). The molecular formula is C24H29N7O5S. The summed E-state index contributed by atoms with van der Waals surface area (Å²) < 4.78 is 48.1. The number of hydrogen-bond donors (Lipinski definition) is 1. The molecule has 0 radical (unpaired) electrons. The lowest BCUT2D eigenvalue weighted by Gasteiger charge is -2.18. The van der Waals surface area contributed by atoms with E-state index < -0.39 is 10.2 Å². The fraction of sp³-hybridized carbons (Fsp3) is 0.333. The third kappa shape index (κ3) is 4.74. The molecule has 1 N–H and O–H groups in total. The summed E-state index contributed by atoms with van der Waals surface area (Å²) in [5.41, 5.74) is 1.58. The molecule has 3 aromatic heterocycles. The van der Waals surface area contributed by atoms with E-state index in [1.54, 1.807) is 56.2 Å². The molecule has 1 fully saturated rings. The van der Waals surface area contributed by atoms with E-state index in [0.717, 1.165) is 12.8 Å². The zero-order valence-corrected chi connectivity index (χ0v) is 21.7. The van der Waals surface area contributed by atoms with Gasteiger partial charge >= 0.3 is 10.2 Å². The van der Waals surface area contributed by atoms with E-state index in [0.29, 0.717) is 41.2 Å². The molecule has 1 aliphatic carbocycles. The molecule has 196 valence electrons. The first kappa shape index (κ1) is 24.7. The number of fused-ring (bicyclic) bond motifs is 1. The molecule has 4 aromatic rings. The van der Waals surface area contributed by atoms with E-state index >= 15 is 0 Å². The minimum absolute atomic E-state index is 0. The Bertz CT molecular complexity index is 1540. The number of imidazole rings is 1. The van der Waals surface area contributed by atoms with Gasteiger partial charge in [-0.25, -0.2) is 19.9 Å². The Morgan fingerprint density at radius 3 is 2.43 bits per heavy atom. The SMILES string of the molecule is CCOc1cccc(-c2nc3ncc(NS(=O)(=O)N(C)C4CC4)nc3n2-c2c(OC)cccc2OC)n1.[HH]. The predicted molar refractivity (Wildman–Crippen MR) is 140 cm³/mol. The molecule has 13 heteroatoms. The number of anilines is 1. The number of nitrogens with one attached hydrogen (secondary N) is 1. The summed E-state index contributed by atoms with van der Waals surface area (Å²) in [5.74, 6) is 1.86. The van der Waals surface area contributed by atoms with Crippen LogP contribution in [0.3, 0.4) is 0 Å². The highest BCUT2D eigenvalue weighted by Gasteiger charge is 2.34. The van der Waals surface area contributed by atoms with Crippen LogP contribution in [-0.4, -0.2) is 71.1 Å². The van der Waals surface area contributed by atoms with Crippen molar-refractivity contribution in [3.63, 3.8) is 0 Å². The van der Waals surface area contributed by atoms with Gasteiger partial charge in [-0.1, -0.05) is 12.1 Å². The Morgan fingerprint density at radius 2 is 1.78 bits per heavy atom. The van der Waals surface area contributed by atoms with Crippen molar-refractivity contribution in [2.75, 3.05) is 32.6 Å². The topological polar surface area (TPSA) is 134 Å². The Labute approximate surface area is 215 Å². The van der Waals surface area contributed by atoms with Crippen molar-refractivity contribution < 1.29 is 24.1 Å². The average molecular weight is 528 g/mol. The van der Waals surface area contributed by atoms with E-state index in [2.05, 4.69) is 19.7 Å². The van der Waals surface area contributed by atoms with Crippen LogP contribution in [0.15, 0.2) is 42.6 Å². The third-order valence-corrected chi connectivity index (χ3v) is 7.44. The fourth-order valence-corrected chi connectivity index (χ4v) is 5.05. The molecule has 1 saturated carbocycles. The monoisotopic (exact) mass is 527 g/mol. The third-order valence-electron chi connectivity index (χ3n) is 5.91. The Hall–Kier alpha value is -3.97. The van der Waals surface area contributed by atoms with E-state index in [4.69, 9.17) is 19.2 Å². The Balaban J connectivity index is 0.00000336. The second-order valence-electron chi connectivity index (χ2n) is 8.33. The van der Waals surface area contributed by atoms with Crippen molar-refractivity contribution in [1.82, 2.24) is 28.8 Å². The van der Waals surface area contributed by atoms with Gasteiger partial charge in [0, 0.05) is 20.6 Å². The molecule has 0 bridgehead atoms. The van der Waals surface area contributed by atoms with E-state index in [1.165, 1.54) is 10.5 Å². The second kappa shape index (κ2) is 9.82. The summed E-state index contributed by atoms with van der Waals surface area (Å²) in [6, 6.07) is 10.7. The van der Waals surface area contributed by atoms with Crippen molar-refractivity contribution in [3.8, 4) is 34.6 Å². The van der Waals surface area contributed by atoms with Crippen LogP contribution in [0.25, 0.3) is 28.5 Å². The second-order valence-corrected chi connectivity index (χ2v) is 10.1. The van der Waals surface area contributed by atoms with Gasteiger partial charge in [0.15, 0.2) is 22.9 Å². The summed E-state index contributed by atoms with van der Waals surface area (Å²) >= 11 is 0. The lowest BCUT2D eigenvalue weighted by atomic mass is 10.2. The molecule has 3 heterocycles. The van der Waals surface area contributed by atoms with Crippen molar-refractivity contribution in [2.45, 2.75) is 25.8 Å². The fourth-order valence-electron chi connectivity index (χ4n) is 3.94. The maximum absolute atomic E-state index is 12.9. The molecule has 1 aromatic carbocycles. The maximum Gasteiger partial charge on any atom is 0.302 e. The smallest absolute Gasteiger partial charge is 0.302 e. The Morgan fingerprint density at radius 1 is 1.08 bits per heavy atom. The van der Waals surface area contributed by atoms with Gasteiger partial charge in [-0.3, -0.25) is 9.29 Å². The van der Waals surface area contributed by atoms with Crippen LogP contribution in [0.5, 0.6) is 17.4 Å². The zero-order chi connectivity index (χ0) is 26.2. The van der Waals surface area contributed by atoms with Gasteiger partial charge in [0.1, 0.15) is 22.9 Å². The lowest BCUT2D eigenvalue weighted by Crippen LogP contribution is -2.34. The van der Waals surface area contributed by atoms with Crippen LogP contribution in [0.4, 0.5) is 5.82 Å². The zero-order valence-electron chi connectivity index (χ0n) is 20.9. The maximum atomic E-state index is 12.9. The molecule has 0 amide bonds. The number of aromatic nitrogens is 5. The first-order valence-corrected chi connectivity index (χ1v) is 13.1. The molecule has 12 nitrogen and oxygen atoms in total. The van der Waals surface area contributed by atoms with Crippen LogP contribution < -0.4 is 18.9 Å². The summed E-state index contributed by atoms with van der Waals surface area (Å²) in [4.78, 5) is 18.3. The number of methoxy groups -OCH3 is 2. The first-order valence-electron chi connectivity index (χ1n) is 11.7. The van der Waals surface area contributed by atoms with Gasteiger partial charge in [-0.05, 0) is 38.0 Å². The molecule has 37 heavy (non-hydrogen) atoms. The number of benzene rings is 1. The van der Waals surface area contributed by atoms with Crippen molar-refractivity contribution in [2.24, 2.45) is 0 Å². The molecule has 1 aliphatic rings. The molecular weight excluding hydrogens is 498 g/mol. The molecule has 0 unspecified atom stereocenters.